The minimum Gasteiger partial charge on any atom is -0.457 e. The Morgan fingerprint density at radius 1 is 1.08 bits per heavy atom. The third-order valence-corrected chi connectivity index (χ3v) is 8.11. The van der Waals surface area contributed by atoms with Crippen LogP contribution in [0.5, 0.6) is 0 Å². The van der Waals surface area contributed by atoms with Crippen molar-refractivity contribution in [2.24, 2.45) is 10.7 Å². The number of benzene rings is 3. The van der Waals surface area contributed by atoms with Crippen LogP contribution >= 0.6 is 0 Å². The average Bonchev–Trinajstić information content (AvgIpc) is 2.83. The van der Waals surface area contributed by atoms with Gasteiger partial charge in [-0.15, -0.1) is 0 Å². The molecule has 2 unspecified atom stereocenters. The van der Waals surface area contributed by atoms with Gasteiger partial charge in [-0.1, -0.05) is 54.6 Å². The van der Waals surface area contributed by atoms with E-state index in [-0.39, 0.29) is 24.6 Å². The minimum atomic E-state index is -3.99. The Bertz CT molecular complexity index is 1420. The fourth-order valence-electron chi connectivity index (χ4n) is 4.49. The van der Waals surface area contributed by atoms with Crippen molar-refractivity contribution in [1.82, 2.24) is 4.72 Å². The number of carbonyl (C=O) groups is 1. The molecule has 0 aliphatic carbocycles. The normalized spacial score (nSPS) is 20.0. The number of nitrogens with one attached hydrogen (secondary N) is 1. The predicted molar refractivity (Wildman–Crippen MR) is 139 cm³/mol. The van der Waals surface area contributed by atoms with E-state index in [0.717, 1.165) is 11.1 Å². The summed E-state index contributed by atoms with van der Waals surface area (Å²) in [5, 5.41) is 8.41. The number of amides is 1. The van der Waals surface area contributed by atoms with Gasteiger partial charge in [-0.2, -0.15) is 0 Å². The minimum absolute atomic E-state index is 0.0846. The molecule has 0 saturated carbocycles. The fraction of sp³-hybridized carbons (Fsp3) is 0.259. The lowest BCUT2D eigenvalue weighted by molar-refractivity contribution is 0.0758. The zero-order valence-corrected chi connectivity index (χ0v) is 21.2. The molecule has 1 aliphatic heterocycles. The second-order valence-electron chi connectivity index (χ2n) is 9.28. The van der Waals surface area contributed by atoms with E-state index < -0.39 is 38.6 Å². The van der Waals surface area contributed by atoms with Crippen molar-refractivity contribution in [2.45, 2.75) is 37.2 Å². The molecule has 10 heteroatoms. The van der Waals surface area contributed by atoms with E-state index in [9.17, 15) is 22.7 Å². The molecule has 8 nitrogen and oxygen atoms in total. The summed E-state index contributed by atoms with van der Waals surface area (Å²) in [7, 11) is -3.99. The van der Waals surface area contributed by atoms with Crippen LogP contribution in [-0.4, -0.2) is 37.7 Å². The van der Waals surface area contributed by atoms with Crippen LogP contribution < -0.4 is 10.5 Å². The lowest BCUT2D eigenvalue weighted by Crippen LogP contribution is -2.53. The largest absolute Gasteiger partial charge is 0.457 e. The Morgan fingerprint density at radius 2 is 1.68 bits per heavy atom. The molecule has 1 amide bonds. The van der Waals surface area contributed by atoms with Crippen LogP contribution in [0.1, 0.15) is 53.0 Å². The van der Waals surface area contributed by atoms with Crippen LogP contribution in [0, 0.1) is 5.82 Å². The van der Waals surface area contributed by atoms with E-state index in [1.807, 2.05) is 0 Å². The number of carbonyl (C=O) groups excluding carboxylic acids is 1. The molecule has 3 aromatic rings. The first-order chi connectivity index (χ1) is 17.5. The van der Waals surface area contributed by atoms with Crippen LogP contribution in [0.15, 0.2) is 77.8 Å². The number of aliphatic imine (C=N–C) groups is 1. The molecule has 1 aliphatic rings. The number of sulfonamides is 1. The smallest absolute Gasteiger partial charge is 0.299 e. The number of halogens is 1. The highest BCUT2D eigenvalue weighted by Crippen LogP contribution is 2.39. The maximum absolute atomic E-state index is 14.4. The number of hydrogen-bond donors (Lipinski definition) is 3. The molecule has 0 radical (unpaired) electrons. The Balaban J connectivity index is 1.61. The predicted octanol–water partition coefficient (Wildman–Crippen LogP) is 3.84. The van der Waals surface area contributed by atoms with Crippen molar-refractivity contribution in [3.8, 4) is 11.1 Å². The van der Waals surface area contributed by atoms with Gasteiger partial charge in [0, 0.05) is 17.7 Å². The molecule has 2 atom stereocenters. The summed E-state index contributed by atoms with van der Waals surface area (Å²) in [6.45, 7) is 3.02. The van der Waals surface area contributed by atoms with E-state index in [4.69, 9.17) is 10.5 Å². The summed E-state index contributed by atoms with van der Waals surface area (Å²) in [5.41, 5.74) is 6.88. The molecular formula is C27H28FN3O5S. The van der Waals surface area contributed by atoms with E-state index in [0.29, 0.717) is 11.1 Å². The molecule has 37 heavy (non-hydrogen) atoms. The first-order valence-electron chi connectivity index (χ1n) is 11.7. The van der Waals surface area contributed by atoms with Gasteiger partial charge in [0.15, 0.2) is 0 Å². The van der Waals surface area contributed by atoms with Crippen molar-refractivity contribution in [1.29, 1.82) is 0 Å². The maximum Gasteiger partial charge on any atom is 0.299 e. The molecule has 1 saturated heterocycles. The SMILES string of the molecule is CC1(C)OC(=NC(CCO)c2ccccc2F)NS(=O)(=O)C1c1ccc(-c2ccc(C(N)=O)cc2)cc1. The van der Waals surface area contributed by atoms with Gasteiger partial charge in [0.25, 0.3) is 6.02 Å². The second-order valence-corrected chi connectivity index (χ2v) is 11.0. The summed E-state index contributed by atoms with van der Waals surface area (Å²) < 4.78 is 49.5. The number of nitrogens with two attached hydrogens (primary N) is 1. The number of amidine groups is 1. The van der Waals surface area contributed by atoms with Crippen LogP contribution in [0.2, 0.25) is 0 Å². The van der Waals surface area contributed by atoms with Crippen LogP contribution in [0.25, 0.3) is 11.1 Å². The van der Waals surface area contributed by atoms with Gasteiger partial charge in [0.1, 0.15) is 16.7 Å². The number of aliphatic hydroxyl groups is 1. The van der Waals surface area contributed by atoms with Gasteiger partial charge in [-0.25, -0.2) is 22.5 Å². The third-order valence-electron chi connectivity index (χ3n) is 6.19. The zero-order valence-electron chi connectivity index (χ0n) is 20.4. The van der Waals surface area contributed by atoms with Crippen LogP contribution in [0.4, 0.5) is 4.39 Å². The Morgan fingerprint density at radius 3 is 2.22 bits per heavy atom. The number of ether oxygens (including phenoxy) is 1. The van der Waals surface area contributed by atoms with Crippen LogP contribution in [-0.2, 0) is 14.8 Å². The van der Waals surface area contributed by atoms with Crippen molar-refractivity contribution in [2.75, 3.05) is 6.61 Å². The molecule has 0 aromatic heterocycles. The van der Waals surface area contributed by atoms with E-state index >= 15 is 0 Å². The molecular weight excluding hydrogens is 497 g/mol. The Labute approximate surface area is 215 Å². The van der Waals surface area contributed by atoms with Gasteiger partial charge in [0.05, 0.1) is 6.04 Å². The lowest BCUT2D eigenvalue weighted by Gasteiger charge is -2.39. The highest BCUT2D eigenvalue weighted by Gasteiger charge is 2.48. The van der Waals surface area contributed by atoms with Crippen LogP contribution in [0.3, 0.4) is 0 Å². The summed E-state index contributed by atoms with van der Waals surface area (Å²) in [6, 6.07) is 18.7. The van der Waals surface area contributed by atoms with Gasteiger partial charge in [0.2, 0.25) is 15.9 Å². The first-order valence-corrected chi connectivity index (χ1v) is 13.2. The summed E-state index contributed by atoms with van der Waals surface area (Å²) in [4.78, 5) is 15.6. The van der Waals surface area contributed by atoms with E-state index in [1.165, 1.54) is 18.2 Å². The fourth-order valence-corrected chi connectivity index (χ4v) is 6.25. The zero-order chi connectivity index (χ0) is 26.8. The summed E-state index contributed by atoms with van der Waals surface area (Å²) >= 11 is 0. The van der Waals surface area contributed by atoms with E-state index in [2.05, 4.69) is 9.71 Å². The molecule has 4 N–H and O–H groups in total. The Kier molecular flexibility index (Phi) is 7.33. The quantitative estimate of drug-likeness (QED) is 0.431. The maximum atomic E-state index is 14.4. The number of primary amides is 1. The van der Waals surface area contributed by atoms with Gasteiger partial charge >= 0.3 is 0 Å². The van der Waals surface area contributed by atoms with Gasteiger partial charge < -0.3 is 15.6 Å². The number of nitrogens with zero attached hydrogens (tertiary/aromatic N) is 1. The van der Waals surface area contributed by atoms with Gasteiger partial charge in [-0.3, -0.25) is 4.79 Å². The first kappa shape index (κ1) is 26.3. The van der Waals surface area contributed by atoms with Gasteiger partial charge in [-0.05, 0) is 55.2 Å². The molecule has 1 fully saturated rings. The highest BCUT2D eigenvalue weighted by molar-refractivity contribution is 7.90. The summed E-state index contributed by atoms with van der Waals surface area (Å²) in [5.74, 6) is -1.02. The van der Waals surface area contributed by atoms with Crippen molar-refractivity contribution >= 4 is 22.0 Å². The topological polar surface area (TPSA) is 131 Å². The molecule has 0 bridgehead atoms. The lowest BCUT2D eigenvalue weighted by atomic mass is 9.95. The monoisotopic (exact) mass is 525 g/mol. The van der Waals surface area contributed by atoms with Crippen molar-refractivity contribution in [3.05, 3.63) is 95.3 Å². The number of hydrogen-bond acceptors (Lipinski definition) is 6. The molecule has 4 rings (SSSR count). The van der Waals surface area contributed by atoms with E-state index in [1.54, 1.807) is 68.4 Å². The molecule has 0 spiro atoms. The standard InChI is InChI=1S/C27H28FN3O5S/c1-27(2)24(19-11-7-17(8-12-19)18-9-13-20(14-10-18)25(29)33)37(34,35)31-26(36-27)30-23(15-16-32)21-5-3-4-6-22(21)28/h3-14,23-24,32H,15-16H2,1-2H3,(H2,29,33)(H,30,31). The summed E-state index contributed by atoms with van der Waals surface area (Å²) in [6.07, 6.45) is 0.0846. The molecule has 3 aromatic carbocycles. The third kappa shape index (κ3) is 5.65. The highest BCUT2D eigenvalue weighted by atomic mass is 32.2. The number of aliphatic hydroxyl groups excluding tert-OH is 1. The second kappa shape index (κ2) is 10.3. The Hall–Kier alpha value is -3.76. The molecule has 194 valence electrons. The molecule has 1 heterocycles. The van der Waals surface area contributed by atoms with Crippen molar-refractivity contribution in [3.63, 3.8) is 0 Å². The number of rotatable bonds is 7. The average molecular weight is 526 g/mol. The van der Waals surface area contributed by atoms with Crippen molar-refractivity contribution < 1.29 is 27.4 Å².